The fraction of sp³-hybridized carbons (Fsp3) is 0.357. The Kier molecular flexibility index (Phi) is 8.01. The number of aryl methyl sites for hydroxylation is 1. The molecule has 1 fully saturated rings. The fourth-order valence-electron chi connectivity index (χ4n) is 4.69. The predicted octanol–water partition coefficient (Wildman–Crippen LogP) is 5.69. The number of rotatable bonds is 9. The van der Waals surface area contributed by atoms with Crippen molar-refractivity contribution in [3.63, 3.8) is 0 Å². The monoisotopic (exact) mass is 476 g/mol. The first-order valence-electron chi connectivity index (χ1n) is 12.0. The Labute approximate surface area is 205 Å². The SMILES string of the molecule is CCc1ccccc1N(C(=O)Cc1cccs1)[C@H](C(=O)NC1CCCC1)c1cccc(OC)c1. The van der Waals surface area contributed by atoms with Gasteiger partial charge >= 0.3 is 0 Å². The lowest BCUT2D eigenvalue weighted by Crippen LogP contribution is -2.47. The Hall–Kier alpha value is -3.12. The molecule has 0 aliphatic heterocycles. The third-order valence-corrected chi connectivity index (χ3v) is 7.30. The molecule has 0 bridgehead atoms. The summed E-state index contributed by atoms with van der Waals surface area (Å²) in [5.74, 6) is 0.411. The minimum atomic E-state index is -0.795. The number of hydrogen-bond donors (Lipinski definition) is 1. The van der Waals surface area contributed by atoms with E-state index in [4.69, 9.17) is 4.74 Å². The number of anilines is 1. The molecular weight excluding hydrogens is 444 g/mol. The zero-order chi connectivity index (χ0) is 23.9. The molecule has 5 nitrogen and oxygen atoms in total. The van der Waals surface area contributed by atoms with Crippen LogP contribution < -0.4 is 15.0 Å². The molecule has 1 heterocycles. The van der Waals surface area contributed by atoms with Gasteiger partial charge in [-0.3, -0.25) is 14.5 Å². The quantitative estimate of drug-likeness (QED) is 0.431. The van der Waals surface area contributed by atoms with Gasteiger partial charge in [0.2, 0.25) is 11.8 Å². The van der Waals surface area contributed by atoms with E-state index >= 15 is 0 Å². The van der Waals surface area contributed by atoms with Gasteiger partial charge in [-0.25, -0.2) is 0 Å². The zero-order valence-corrected chi connectivity index (χ0v) is 20.6. The van der Waals surface area contributed by atoms with Crippen molar-refractivity contribution < 1.29 is 14.3 Å². The van der Waals surface area contributed by atoms with Gasteiger partial charge in [0.05, 0.1) is 13.5 Å². The minimum absolute atomic E-state index is 0.0993. The highest BCUT2D eigenvalue weighted by atomic mass is 32.1. The molecule has 1 saturated carbocycles. The average Bonchev–Trinajstić information content (AvgIpc) is 3.57. The molecule has 1 N–H and O–H groups in total. The number of methoxy groups -OCH3 is 1. The summed E-state index contributed by atoms with van der Waals surface area (Å²) in [5, 5.41) is 5.22. The Morgan fingerprint density at radius 2 is 1.88 bits per heavy atom. The number of nitrogens with zero attached hydrogens (tertiary/aromatic N) is 1. The number of ether oxygens (including phenoxy) is 1. The average molecular weight is 477 g/mol. The molecule has 1 aromatic heterocycles. The number of carbonyl (C=O) groups excluding carboxylic acids is 2. The van der Waals surface area contributed by atoms with Gasteiger partial charge in [-0.05, 0) is 60.0 Å². The third kappa shape index (κ3) is 5.50. The second-order valence-corrected chi connectivity index (χ2v) is 9.70. The minimum Gasteiger partial charge on any atom is -0.497 e. The summed E-state index contributed by atoms with van der Waals surface area (Å²) in [6.07, 6.45) is 5.19. The van der Waals surface area contributed by atoms with E-state index in [9.17, 15) is 9.59 Å². The van der Waals surface area contributed by atoms with Crippen LogP contribution in [0.5, 0.6) is 5.75 Å². The van der Waals surface area contributed by atoms with Crippen LogP contribution in [0, 0.1) is 0 Å². The van der Waals surface area contributed by atoms with Crippen molar-refractivity contribution in [2.24, 2.45) is 0 Å². The van der Waals surface area contributed by atoms with E-state index in [0.29, 0.717) is 5.75 Å². The Balaban J connectivity index is 1.81. The first-order chi connectivity index (χ1) is 16.6. The van der Waals surface area contributed by atoms with Crippen molar-refractivity contribution >= 4 is 28.8 Å². The molecule has 1 atom stereocenters. The van der Waals surface area contributed by atoms with E-state index in [1.165, 1.54) is 0 Å². The summed E-state index contributed by atoms with van der Waals surface area (Å²) in [6.45, 7) is 2.07. The smallest absolute Gasteiger partial charge is 0.248 e. The summed E-state index contributed by atoms with van der Waals surface area (Å²) < 4.78 is 5.46. The maximum absolute atomic E-state index is 13.9. The summed E-state index contributed by atoms with van der Waals surface area (Å²) in [5.41, 5.74) is 2.55. The van der Waals surface area contributed by atoms with Gasteiger partial charge in [0.25, 0.3) is 0 Å². The third-order valence-electron chi connectivity index (χ3n) is 6.42. The van der Waals surface area contributed by atoms with Crippen molar-refractivity contribution in [2.75, 3.05) is 12.0 Å². The molecule has 1 aliphatic carbocycles. The largest absolute Gasteiger partial charge is 0.497 e. The van der Waals surface area contributed by atoms with Gasteiger partial charge < -0.3 is 10.1 Å². The first-order valence-corrected chi connectivity index (χ1v) is 12.8. The normalized spacial score (nSPS) is 14.5. The summed E-state index contributed by atoms with van der Waals surface area (Å²) in [7, 11) is 1.61. The first kappa shape index (κ1) is 24.0. The van der Waals surface area contributed by atoms with Crippen molar-refractivity contribution in [3.05, 3.63) is 82.0 Å². The Morgan fingerprint density at radius 3 is 2.59 bits per heavy atom. The number of benzene rings is 2. The predicted molar refractivity (Wildman–Crippen MR) is 137 cm³/mol. The van der Waals surface area contributed by atoms with Crippen LogP contribution in [0.2, 0.25) is 0 Å². The number of amides is 2. The van der Waals surface area contributed by atoms with Gasteiger partial charge in [-0.15, -0.1) is 11.3 Å². The van der Waals surface area contributed by atoms with Gasteiger partial charge in [0.1, 0.15) is 11.8 Å². The lowest BCUT2D eigenvalue weighted by Gasteiger charge is -2.33. The number of nitrogens with one attached hydrogen (secondary N) is 1. The van der Waals surface area contributed by atoms with E-state index in [1.54, 1.807) is 23.3 Å². The molecule has 6 heteroatoms. The number of thiophene rings is 1. The maximum atomic E-state index is 13.9. The molecule has 178 valence electrons. The Morgan fingerprint density at radius 1 is 1.09 bits per heavy atom. The van der Waals surface area contributed by atoms with E-state index < -0.39 is 6.04 Å². The van der Waals surface area contributed by atoms with Crippen LogP contribution in [0.3, 0.4) is 0 Å². The number of hydrogen-bond acceptors (Lipinski definition) is 4. The molecule has 34 heavy (non-hydrogen) atoms. The second kappa shape index (κ2) is 11.3. The summed E-state index contributed by atoms with van der Waals surface area (Å²) >= 11 is 1.55. The fourth-order valence-corrected chi connectivity index (χ4v) is 5.39. The molecule has 0 radical (unpaired) electrons. The van der Waals surface area contributed by atoms with Crippen LogP contribution >= 0.6 is 11.3 Å². The lowest BCUT2D eigenvalue weighted by atomic mass is 9.99. The van der Waals surface area contributed by atoms with Crippen molar-refractivity contribution in [1.82, 2.24) is 5.32 Å². The molecule has 2 aromatic carbocycles. The summed E-state index contributed by atoms with van der Waals surface area (Å²) in [6, 6.07) is 18.6. The van der Waals surface area contributed by atoms with Gasteiger partial charge in [-0.1, -0.05) is 56.2 Å². The van der Waals surface area contributed by atoms with Crippen LogP contribution in [0.25, 0.3) is 0 Å². The molecular formula is C28H32N2O3S. The standard InChI is InChI=1S/C28H32N2O3S/c1-3-20-10-4-7-16-25(20)30(26(31)19-24-15-9-17-34-24)27(21-11-8-14-23(18-21)33-2)28(32)29-22-12-5-6-13-22/h4,7-11,14-18,22,27H,3,5-6,12-13,19H2,1-2H3,(H,29,32)/t27-/m0/s1. The van der Waals surface area contributed by atoms with Gasteiger partial charge in [0, 0.05) is 16.6 Å². The van der Waals surface area contributed by atoms with Gasteiger partial charge in [-0.2, -0.15) is 0 Å². The van der Waals surface area contributed by atoms with E-state index in [0.717, 1.165) is 53.8 Å². The molecule has 4 rings (SSSR count). The van der Waals surface area contributed by atoms with Crippen LogP contribution in [0.1, 0.15) is 54.7 Å². The number of para-hydroxylation sites is 1. The maximum Gasteiger partial charge on any atom is 0.248 e. The highest BCUT2D eigenvalue weighted by Gasteiger charge is 2.35. The molecule has 0 unspecified atom stereocenters. The van der Waals surface area contributed by atoms with E-state index in [2.05, 4.69) is 12.2 Å². The molecule has 0 saturated heterocycles. The van der Waals surface area contributed by atoms with Crippen LogP contribution in [0.15, 0.2) is 66.0 Å². The topological polar surface area (TPSA) is 58.6 Å². The molecule has 2 amide bonds. The van der Waals surface area contributed by atoms with Crippen LogP contribution in [0.4, 0.5) is 5.69 Å². The van der Waals surface area contributed by atoms with Crippen LogP contribution in [-0.2, 0) is 22.4 Å². The van der Waals surface area contributed by atoms with E-state index in [-0.39, 0.29) is 24.3 Å². The van der Waals surface area contributed by atoms with Crippen LogP contribution in [-0.4, -0.2) is 25.0 Å². The van der Waals surface area contributed by atoms with Crippen molar-refractivity contribution in [3.8, 4) is 5.75 Å². The highest BCUT2D eigenvalue weighted by molar-refractivity contribution is 7.10. The number of carbonyl (C=O) groups is 2. The molecule has 0 spiro atoms. The molecule has 3 aromatic rings. The summed E-state index contributed by atoms with van der Waals surface area (Å²) in [4.78, 5) is 30.5. The second-order valence-electron chi connectivity index (χ2n) is 8.67. The van der Waals surface area contributed by atoms with Gasteiger partial charge in [0.15, 0.2) is 0 Å². The van der Waals surface area contributed by atoms with Crippen molar-refractivity contribution in [2.45, 2.75) is 57.5 Å². The zero-order valence-electron chi connectivity index (χ0n) is 19.8. The lowest BCUT2D eigenvalue weighted by molar-refractivity contribution is -0.127. The highest BCUT2D eigenvalue weighted by Crippen LogP contribution is 2.34. The van der Waals surface area contributed by atoms with E-state index in [1.807, 2.05) is 66.0 Å². The van der Waals surface area contributed by atoms with Crippen molar-refractivity contribution in [1.29, 1.82) is 0 Å². The molecule has 1 aliphatic rings. The Bertz CT molecular complexity index is 1110.